The molecular formula is C17H19N3O4S. The molecule has 3 N–H and O–H groups in total. The lowest BCUT2D eigenvalue weighted by molar-refractivity contribution is -0.114. The Balaban J connectivity index is 2.34. The lowest BCUT2D eigenvalue weighted by Crippen LogP contribution is -2.20. The molecule has 0 unspecified atom stereocenters. The summed E-state index contributed by atoms with van der Waals surface area (Å²) in [6, 6.07) is 10.7. The minimum Gasteiger partial charge on any atom is -0.355 e. The summed E-state index contributed by atoms with van der Waals surface area (Å²) in [6.45, 7) is 3.09. The number of carbonyl (C=O) groups is 2. The maximum Gasteiger partial charge on any atom is 0.261 e. The number of anilines is 2. The molecule has 2 aromatic carbocycles. The average Bonchev–Trinajstić information content (AvgIpc) is 2.53. The fraction of sp³-hybridized carbons (Fsp3) is 0.176. The second-order valence-corrected chi connectivity index (χ2v) is 7.11. The average molecular weight is 361 g/mol. The van der Waals surface area contributed by atoms with Gasteiger partial charge in [-0.15, -0.1) is 0 Å². The van der Waals surface area contributed by atoms with E-state index in [9.17, 15) is 18.0 Å². The van der Waals surface area contributed by atoms with Gasteiger partial charge in [-0.1, -0.05) is 12.1 Å². The van der Waals surface area contributed by atoms with E-state index in [0.29, 0.717) is 16.9 Å². The van der Waals surface area contributed by atoms with Gasteiger partial charge in [0.2, 0.25) is 5.91 Å². The molecule has 7 nitrogen and oxygen atoms in total. The molecule has 2 rings (SSSR count). The third kappa shape index (κ3) is 4.57. The van der Waals surface area contributed by atoms with Crippen molar-refractivity contribution in [1.29, 1.82) is 0 Å². The monoisotopic (exact) mass is 361 g/mol. The van der Waals surface area contributed by atoms with Crippen LogP contribution >= 0.6 is 0 Å². The molecular weight excluding hydrogens is 342 g/mol. The number of benzene rings is 2. The van der Waals surface area contributed by atoms with Crippen LogP contribution in [0.15, 0.2) is 47.4 Å². The third-order valence-electron chi connectivity index (χ3n) is 3.43. The predicted octanol–water partition coefficient (Wildman–Crippen LogP) is 2.11. The van der Waals surface area contributed by atoms with Crippen LogP contribution in [-0.2, 0) is 14.8 Å². The first kappa shape index (κ1) is 18.5. The number of aryl methyl sites for hydroxylation is 1. The van der Waals surface area contributed by atoms with Crippen molar-refractivity contribution < 1.29 is 18.0 Å². The quantitative estimate of drug-likeness (QED) is 0.758. The number of nitrogens with one attached hydrogen (secondary N) is 3. The topological polar surface area (TPSA) is 104 Å². The largest absolute Gasteiger partial charge is 0.355 e. The summed E-state index contributed by atoms with van der Waals surface area (Å²) in [7, 11) is -2.40. The van der Waals surface area contributed by atoms with Crippen molar-refractivity contribution in [3.63, 3.8) is 0 Å². The number of sulfonamides is 1. The Morgan fingerprint density at radius 2 is 1.68 bits per heavy atom. The van der Waals surface area contributed by atoms with Crippen LogP contribution in [-0.4, -0.2) is 27.3 Å². The van der Waals surface area contributed by atoms with Gasteiger partial charge < -0.3 is 10.6 Å². The summed E-state index contributed by atoms with van der Waals surface area (Å²) in [5, 5.41) is 5.06. The molecule has 0 aromatic heterocycles. The van der Waals surface area contributed by atoms with Gasteiger partial charge in [0, 0.05) is 25.2 Å². The smallest absolute Gasteiger partial charge is 0.261 e. The Morgan fingerprint density at radius 3 is 2.32 bits per heavy atom. The van der Waals surface area contributed by atoms with Gasteiger partial charge in [0.1, 0.15) is 0 Å². The van der Waals surface area contributed by atoms with Crippen LogP contribution in [0.4, 0.5) is 11.4 Å². The first-order chi connectivity index (χ1) is 11.7. The van der Waals surface area contributed by atoms with Crippen molar-refractivity contribution in [2.75, 3.05) is 17.1 Å². The zero-order chi connectivity index (χ0) is 18.6. The van der Waals surface area contributed by atoms with Crippen molar-refractivity contribution in [2.45, 2.75) is 18.7 Å². The van der Waals surface area contributed by atoms with E-state index in [2.05, 4.69) is 15.4 Å². The van der Waals surface area contributed by atoms with Gasteiger partial charge in [0.15, 0.2) is 0 Å². The van der Waals surface area contributed by atoms with Crippen LogP contribution in [0, 0.1) is 6.92 Å². The molecule has 8 heteroatoms. The summed E-state index contributed by atoms with van der Waals surface area (Å²) in [5.74, 6) is -0.615. The standard InChI is InChI=1S/C17H19N3O4S/c1-11-7-8-15(10-16(11)17(22)18-3)25(23,24)20-14-6-4-5-13(9-14)19-12(2)21/h4-10,20H,1-3H3,(H,18,22)(H,19,21). The van der Waals surface area contributed by atoms with E-state index < -0.39 is 10.0 Å². The van der Waals surface area contributed by atoms with Gasteiger partial charge in [0.25, 0.3) is 15.9 Å². The lowest BCUT2D eigenvalue weighted by Gasteiger charge is -2.12. The molecule has 0 saturated heterocycles. The van der Waals surface area contributed by atoms with E-state index in [-0.39, 0.29) is 22.3 Å². The van der Waals surface area contributed by atoms with E-state index in [1.165, 1.54) is 32.2 Å². The summed E-state index contributed by atoms with van der Waals surface area (Å²) < 4.78 is 27.6. The van der Waals surface area contributed by atoms with Crippen LogP contribution in [0.25, 0.3) is 0 Å². The Bertz CT molecular complexity index is 923. The molecule has 25 heavy (non-hydrogen) atoms. The van der Waals surface area contributed by atoms with Crippen molar-refractivity contribution in [2.24, 2.45) is 0 Å². The normalized spacial score (nSPS) is 10.8. The molecule has 0 radical (unpaired) electrons. The maximum atomic E-state index is 12.6. The highest BCUT2D eigenvalue weighted by Crippen LogP contribution is 2.21. The summed E-state index contributed by atoms with van der Waals surface area (Å²) >= 11 is 0. The maximum absolute atomic E-state index is 12.6. The Hall–Kier alpha value is -2.87. The van der Waals surface area contributed by atoms with Crippen molar-refractivity contribution in [3.05, 3.63) is 53.6 Å². The molecule has 0 aliphatic heterocycles. The van der Waals surface area contributed by atoms with Gasteiger partial charge in [-0.2, -0.15) is 0 Å². The number of hydrogen-bond donors (Lipinski definition) is 3. The minimum absolute atomic E-state index is 0.0263. The summed E-state index contributed by atoms with van der Waals surface area (Å²) in [4.78, 5) is 22.9. The van der Waals surface area contributed by atoms with Crippen molar-refractivity contribution in [1.82, 2.24) is 5.32 Å². The molecule has 0 saturated carbocycles. The summed E-state index contributed by atoms with van der Waals surface area (Å²) in [6.07, 6.45) is 0. The SMILES string of the molecule is CNC(=O)c1cc(S(=O)(=O)Nc2cccc(NC(C)=O)c2)ccc1C. The van der Waals surface area contributed by atoms with E-state index in [1.807, 2.05) is 0 Å². The molecule has 0 bridgehead atoms. The molecule has 132 valence electrons. The molecule has 0 atom stereocenters. The van der Waals surface area contributed by atoms with Gasteiger partial charge >= 0.3 is 0 Å². The lowest BCUT2D eigenvalue weighted by atomic mass is 10.1. The first-order valence-electron chi connectivity index (χ1n) is 7.46. The van der Waals surface area contributed by atoms with E-state index in [0.717, 1.165) is 0 Å². The highest BCUT2D eigenvalue weighted by molar-refractivity contribution is 7.92. The predicted molar refractivity (Wildman–Crippen MR) is 96.1 cm³/mol. The molecule has 0 heterocycles. The highest BCUT2D eigenvalue weighted by Gasteiger charge is 2.18. The number of amides is 2. The van der Waals surface area contributed by atoms with E-state index in [1.54, 1.807) is 31.2 Å². The van der Waals surface area contributed by atoms with Crippen LogP contribution in [0.2, 0.25) is 0 Å². The molecule has 2 amide bonds. The zero-order valence-electron chi connectivity index (χ0n) is 14.1. The van der Waals surface area contributed by atoms with Crippen LogP contribution < -0.4 is 15.4 Å². The third-order valence-corrected chi connectivity index (χ3v) is 4.81. The van der Waals surface area contributed by atoms with E-state index in [4.69, 9.17) is 0 Å². The fourth-order valence-corrected chi connectivity index (χ4v) is 3.30. The van der Waals surface area contributed by atoms with Gasteiger partial charge in [0.05, 0.1) is 10.6 Å². The highest BCUT2D eigenvalue weighted by atomic mass is 32.2. The Labute approximate surface area is 146 Å². The number of carbonyl (C=O) groups excluding carboxylic acids is 2. The molecule has 2 aromatic rings. The van der Waals surface area contributed by atoms with Gasteiger partial charge in [-0.05, 0) is 42.8 Å². The number of rotatable bonds is 5. The second kappa shape index (κ2) is 7.35. The fourth-order valence-electron chi connectivity index (χ4n) is 2.23. The van der Waals surface area contributed by atoms with Crippen LogP contribution in [0.1, 0.15) is 22.8 Å². The molecule has 0 aliphatic rings. The second-order valence-electron chi connectivity index (χ2n) is 5.42. The van der Waals surface area contributed by atoms with Gasteiger partial charge in [-0.25, -0.2) is 8.42 Å². The van der Waals surface area contributed by atoms with Crippen LogP contribution in [0.5, 0.6) is 0 Å². The molecule has 0 aliphatic carbocycles. The Morgan fingerprint density at radius 1 is 1.00 bits per heavy atom. The summed E-state index contributed by atoms with van der Waals surface area (Å²) in [5.41, 5.74) is 1.74. The van der Waals surface area contributed by atoms with Gasteiger partial charge in [-0.3, -0.25) is 14.3 Å². The minimum atomic E-state index is -3.88. The van der Waals surface area contributed by atoms with Crippen LogP contribution in [0.3, 0.4) is 0 Å². The van der Waals surface area contributed by atoms with E-state index >= 15 is 0 Å². The first-order valence-corrected chi connectivity index (χ1v) is 8.94. The van der Waals surface area contributed by atoms with Crippen molar-refractivity contribution >= 4 is 33.2 Å². The molecule has 0 fully saturated rings. The Kier molecular flexibility index (Phi) is 5.43. The molecule has 0 spiro atoms. The number of hydrogen-bond acceptors (Lipinski definition) is 4. The van der Waals surface area contributed by atoms with Crippen molar-refractivity contribution in [3.8, 4) is 0 Å². The zero-order valence-corrected chi connectivity index (χ0v) is 14.9.